The summed E-state index contributed by atoms with van der Waals surface area (Å²) in [5.41, 5.74) is 6.40. The lowest BCUT2D eigenvalue weighted by atomic mass is 10.1. The Bertz CT molecular complexity index is 582. The molecule has 2 aromatic rings. The summed E-state index contributed by atoms with van der Waals surface area (Å²) in [5, 5.41) is 3.85. The maximum absolute atomic E-state index is 13.2. The van der Waals surface area contributed by atoms with Crippen LogP contribution in [0.2, 0.25) is 0 Å². The number of aromatic nitrogens is 2. The predicted molar refractivity (Wildman–Crippen MR) is 71.7 cm³/mol. The number of benzene rings is 1. The first kappa shape index (κ1) is 14.5. The fourth-order valence-corrected chi connectivity index (χ4v) is 1.71. The number of hydrogen-bond donors (Lipinski definition) is 1. The zero-order valence-electron chi connectivity index (χ0n) is 11.8. The lowest BCUT2D eigenvalue weighted by molar-refractivity contribution is 0.239. The van der Waals surface area contributed by atoms with Gasteiger partial charge < -0.3 is 15.0 Å². The second-order valence-electron chi connectivity index (χ2n) is 4.96. The summed E-state index contributed by atoms with van der Waals surface area (Å²) in [6.45, 7) is 5.85. The Morgan fingerprint density at radius 3 is 2.70 bits per heavy atom. The topological polar surface area (TPSA) is 74.2 Å². The van der Waals surface area contributed by atoms with E-state index >= 15 is 0 Å². The van der Waals surface area contributed by atoms with Crippen molar-refractivity contribution in [3.63, 3.8) is 0 Å². The Morgan fingerprint density at radius 2 is 2.10 bits per heavy atom. The van der Waals surface area contributed by atoms with Crippen LogP contribution in [0.4, 0.5) is 4.39 Å². The van der Waals surface area contributed by atoms with Gasteiger partial charge in [0, 0.05) is 17.5 Å². The summed E-state index contributed by atoms with van der Waals surface area (Å²) in [6, 6.07) is 3.92. The van der Waals surface area contributed by atoms with Crippen LogP contribution < -0.4 is 10.5 Å². The SMILES string of the molecule is CC(C)c1noc(COc2ccc(F)cc2C(C)N)n1. The lowest BCUT2D eigenvalue weighted by Crippen LogP contribution is -2.08. The first-order valence-electron chi connectivity index (χ1n) is 6.47. The van der Waals surface area contributed by atoms with E-state index in [1.165, 1.54) is 12.1 Å². The number of halogens is 1. The van der Waals surface area contributed by atoms with Crippen LogP contribution in [0, 0.1) is 5.82 Å². The van der Waals surface area contributed by atoms with Crippen LogP contribution in [0.5, 0.6) is 5.75 Å². The second-order valence-corrected chi connectivity index (χ2v) is 4.96. The third-order valence-corrected chi connectivity index (χ3v) is 2.81. The van der Waals surface area contributed by atoms with Gasteiger partial charge in [-0.15, -0.1) is 0 Å². The van der Waals surface area contributed by atoms with Crippen molar-refractivity contribution in [2.75, 3.05) is 0 Å². The summed E-state index contributed by atoms with van der Waals surface area (Å²) in [7, 11) is 0. The van der Waals surface area contributed by atoms with E-state index < -0.39 is 0 Å². The lowest BCUT2D eigenvalue weighted by Gasteiger charge is -2.12. The van der Waals surface area contributed by atoms with Crippen LogP contribution in [0.3, 0.4) is 0 Å². The highest BCUT2D eigenvalue weighted by atomic mass is 19.1. The van der Waals surface area contributed by atoms with Gasteiger partial charge in [0.05, 0.1) is 0 Å². The van der Waals surface area contributed by atoms with Gasteiger partial charge in [-0.2, -0.15) is 4.98 Å². The molecule has 0 aliphatic rings. The molecular formula is C14H18FN3O2. The van der Waals surface area contributed by atoms with Gasteiger partial charge in [-0.1, -0.05) is 19.0 Å². The van der Waals surface area contributed by atoms with Gasteiger partial charge in [-0.3, -0.25) is 0 Å². The average molecular weight is 279 g/mol. The number of nitrogens with zero attached hydrogens (tertiary/aromatic N) is 2. The maximum atomic E-state index is 13.2. The van der Waals surface area contributed by atoms with Crippen LogP contribution >= 0.6 is 0 Å². The molecule has 0 amide bonds. The summed E-state index contributed by atoms with van der Waals surface area (Å²) in [6.07, 6.45) is 0. The third-order valence-electron chi connectivity index (χ3n) is 2.81. The van der Waals surface area contributed by atoms with Crippen LogP contribution in [0.15, 0.2) is 22.7 Å². The van der Waals surface area contributed by atoms with Crippen LogP contribution in [0.1, 0.15) is 50.0 Å². The van der Waals surface area contributed by atoms with E-state index in [-0.39, 0.29) is 24.4 Å². The van der Waals surface area contributed by atoms with Gasteiger partial charge in [0.25, 0.3) is 5.89 Å². The minimum Gasteiger partial charge on any atom is -0.483 e. The predicted octanol–water partition coefficient (Wildman–Crippen LogP) is 2.93. The van der Waals surface area contributed by atoms with E-state index in [1.807, 2.05) is 13.8 Å². The number of nitrogens with two attached hydrogens (primary N) is 1. The quantitative estimate of drug-likeness (QED) is 0.910. The van der Waals surface area contributed by atoms with Gasteiger partial charge in [0.1, 0.15) is 11.6 Å². The van der Waals surface area contributed by atoms with E-state index in [0.29, 0.717) is 23.0 Å². The molecule has 0 radical (unpaired) electrons. The van der Waals surface area contributed by atoms with Gasteiger partial charge in [0.2, 0.25) is 0 Å². The van der Waals surface area contributed by atoms with Crippen LogP contribution in [0.25, 0.3) is 0 Å². The molecule has 1 aromatic heterocycles. The van der Waals surface area contributed by atoms with Crippen LogP contribution in [-0.2, 0) is 6.61 Å². The summed E-state index contributed by atoms with van der Waals surface area (Å²) in [5.74, 6) is 1.39. The monoisotopic (exact) mass is 279 g/mol. The van der Waals surface area contributed by atoms with E-state index in [0.717, 1.165) is 0 Å². The minimum atomic E-state index is -0.343. The van der Waals surface area contributed by atoms with Gasteiger partial charge in [0.15, 0.2) is 12.4 Å². The summed E-state index contributed by atoms with van der Waals surface area (Å²) in [4.78, 5) is 4.21. The zero-order valence-corrected chi connectivity index (χ0v) is 11.8. The Balaban J connectivity index is 2.10. The minimum absolute atomic E-state index is 0.130. The first-order valence-corrected chi connectivity index (χ1v) is 6.47. The molecule has 0 bridgehead atoms. The normalized spacial score (nSPS) is 12.7. The molecule has 0 saturated heterocycles. The fourth-order valence-electron chi connectivity index (χ4n) is 1.71. The van der Waals surface area contributed by atoms with Gasteiger partial charge in [-0.25, -0.2) is 4.39 Å². The molecule has 6 heteroatoms. The molecule has 2 N–H and O–H groups in total. The number of rotatable bonds is 5. The van der Waals surface area contributed by atoms with Crippen molar-refractivity contribution in [1.82, 2.24) is 10.1 Å². The highest BCUT2D eigenvalue weighted by molar-refractivity contribution is 5.36. The smallest absolute Gasteiger partial charge is 0.264 e. The third kappa shape index (κ3) is 3.33. The fraction of sp³-hybridized carbons (Fsp3) is 0.429. The summed E-state index contributed by atoms with van der Waals surface area (Å²) < 4.78 is 23.9. The van der Waals surface area contributed by atoms with Crippen molar-refractivity contribution in [2.45, 2.75) is 39.3 Å². The Labute approximate surface area is 116 Å². The van der Waals surface area contributed by atoms with E-state index in [1.54, 1.807) is 13.0 Å². The molecule has 0 fully saturated rings. The van der Waals surface area contributed by atoms with Gasteiger partial charge in [-0.05, 0) is 25.1 Å². The molecule has 2 rings (SSSR count). The molecule has 5 nitrogen and oxygen atoms in total. The largest absolute Gasteiger partial charge is 0.483 e. The van der Waals surface area contributed by atoms with Crippen molar-refractivity contribution in [2.24, 2.45) is 5.73 Å². The molecule has 20 heavy (non-hydrogen) atoms. The summed E-state index contributed by atoms with van der Waals surface area (Å²) >= 11 is 0. The highest BCUT2D eigenvalue weighted by Gasteiger charge is 2.13. The Hall–Kier alpha value is -1.95. The molecule has 0 spiro atoms. The molecule has 0 saturated carbocycles. The van der Waals surface area contributed by atoms with Crippen molar-refractivity contribution in [1.29, 1.82) is 0 Å². The molecule has 1 unspecified atom stereocenters. The standard InChI is InChI=1S/C14H18FN3O2/c1-8(2)14-17-13(20-18-14)7-19-12-5-4-10(15)6-11(12)9(3)16/h4-6,8-9H,7,16H2,1-3H3. The molecule has 0 aliphatic carbocycles. The van der Waals surface area contributed by atoms with Crippen molar-refractivity contribution >= 4 is 0 Å². The molecule has 108 valence electrons. The van der Waals surface area contributed by atoms with E-state index in [2.05, 4.69) is 10.1 Å². The molecule has 0 aliphatic heterocycles. The molecule has 1 heterocycles. The Morgan fingerprint density at radius 1 is 1.35 bits per heavy atom. The average Bonchev–Trinajstić information content (AvgIpc) is 2.86. The number of hydrogen-bond acceptors (Lipinski definition) is 5. The van der Waals surface area contributed by atoms with E-state index in [9.17, 15) is 4.39 Å². The molecule has 1 atom stereocenters. The van der Waals surface area contributed by atoms with Gasteiger partial charge >= 0.3 is 0 Å². The molecular weight excluding hydrogens is 261 g/mol. The Kier molecular flexibility index (Phi) is 4.34. The second kappa shape index (κ2) is 6.00. The van der Waals surface area contributed by atoms with Crippen molar-refractivity contribution < 1.29 is 13.7 Å². The van der Waals surface area contributed by atoms with E-state index in [4.69, 9.17) is 15.0 Å². The van der Waals surface area contributed by atoms with Crippen LogP contribution in [-0.4, -0.2) is 10.1 Å². The number of ether oxygens (including phenoxy) is 1. The highest BCUT2D eigenvalue weighted by Crippen LogP contribution is 2.25. The molecule has 1 aromatic carbocycles. The van der Waals surface area contributed by atoms with Crippen molar-refractivity contribution in [3.8, 4) is 5.75 Å². The zero-order chi connectivity index (χ0) is 14.7. The first-order chi connectivity index (χ1) is 9.47. The van der Waals surface area contributed by atoms with Crippen molar-refractivity contribution in [3.05, 3.63) is 41.3 Å². The maximum Gasteiger partial charge on any atom is 0.264 e.